The third-order valence-corrected chi connectivity index (χ3v) is 13.1. The predicted octanol–water partition coefficient (Wildman–Crippen LogP) is 19.9. The number of hydrogen-bond acceptors (Lipinski definition) is 9. The summed E-state index contributed by atoms with van der Waals surface area (Å²) in [6.07, 6.45) is -90.6. The van der Waals surface area contributed by atoms with Crippen molar-refractivity contribution in [1.82, 2.24) is 0 Å². The Hall–Kier alpha value is -2.41. The standard InChI is InChI=1S/C19H20F22O7P2.C9H11F9O2P.2CF4.CH4/c1-44-49(42,46-7-3-5-10(15(27,28)29,16(30,31)32)9-12(20,21)22)48-50(43,45-2)47-8-4-6-11(17(33,34)35,18(36,37)38)13(23,24)14(25,26)19(39,40)41;1-21(19)20-4-2-3-6(8(13,14)15,9(16,17)18)5-7(10,11)12;2*2-1(3,4)5;/h3-9H2,1-2H3;2-5H2,1H3;;;1H4/q;+1;;;. The van der Waals surface area contributed by atoms with Gasteiger partial charge in [-0.05, 0) is 43.1 Å². The van der Waals surface area contributed by atoms with Gasteiger partial charge in [-0.3, -0.25) is 18.1 Å². The Kier molecular flexibility index (Phi) is 32.3. The van der Waals surface area contributed by atoms with Gasteiger partial charge in [0.05, 0.1) is 26.1 Å². The van der Waals surface area contributed by atoms with Gasteiger partial charge in [-0.2, -0.15) is 140 Å². The van der Waals surface area contributed by atoms with Crippen molar-refractivity contribution in [1.29, 1.82) is 0 Å². The molecule has 51 heteroatoms. The maximum Gasteiger partial charge on any atom is 0.559 e. The maximum atomic E-state index is 14.1. The molecule has 82 heavy (non-hydrogen) atoms. The second-order valence-corrected chi connectivity index (χ2v) is 19.6. The van der Waals surface area contributed by atoms with E-state index in [0.29, 0.717) is 0 Å². The molecule has 0 bridgehead atoms. The van der Waals surface area contributed by atoms with E-state index in [1.807, 2.05) is 0 Å². The van der Waals surface area contributed by atoms with Crippen molar-refractivity contribution in [3.8, 4) is 0 Å². The van der Waals surface area contributed by atoms with Crippen LogP contribution >= 0.6 is 23.7 Å². The Bertz CT molecular complexity index is 1910. The molecule has 0 aliphatic heterocycles. The summed E-state index contributed by atoms with van der Waals surface area (Å²) >= 11 is 0. The molecule has 0 aromatic carbocycles. The lowest BCUT2D eigenvalue weighted by molar-refractivity contribution is -0.461. The summed E-state index contributed by atoms with van der Waals surface area (Å²) < 4.78 is 540. The molecule has 0 aromatic rings. The van der Waals surface area contributed by atoms with Gasteiger partial charge < -0.3 is 0 Å². The first-order valence-electron chi connectivity index (χ1n) is 19.1. The molecule has 0 aliphatic carbocycles. The summed E-state index contributed by atoms with van der Waals surface area (Å²) in [5, 5.41) is 0. The first kappa shape index (κ1) is 88.4. The lowest BCUT2D eigenvalue weighted by atomic mass is 9.72. The second-order valence-electron chi connectivity index (χ2n) is 14.7. The van der Waals surface area contributed by atoms with Crippen LogP contribution in [0.1, 0.15) is 58.8 Å². The van der Waals surface area contributed by atoms with E-state index < -0.39 is 191 Å². The van der Waals surface area contributed by atoms with Crippen molar-refractivity contribution < 1.29 is 212 Å². The van der Waals surface area contributed by atoms with Crippen LogP contribution in [0.3, 0.4) is 0 Å². The van der Waals surface area contributed by atoms with Crippen LogP contribution < -0.4 is 0 Å². The van der Waals surface area contributed by atoms with E-state index in [4.69, 9.17) is 0 Å². The number of hydrogen-bond donors (Lipinski definition) is 0. The molecule has 0 fully saturated rings. The topological polar surface area (TPSA) is 107 Å². The van der Waals surface area contributed by atoms with Crippen LogP contribution in [0.2, 0.25) is 0 Å². The van der Waals surface area contributed by atoms with Crippen molar-refractivity contribution in [2.75, 3.05) is 40.7 Å². The quantitative estimate of drug-likeness (QED) is 0.0562. The molecule has 0 saturated heterocycles. The van der Waals surface area contributed by atoms with E-state index in [-0.39, 0.29) is 21.6 Å². The average Bonchev–Trinajstić information content (AvgIpc) is 3.14. The minimum absolute atomic E-state index is 0. The zero-order valence-electron chi connectivity index (χ0n) is 38.5. The van der Waals surface area contributed by atoms with E-state index in [0.717, 1.165) is 6.66 Å². The van der Waals surface area contributed by atoms with Crippen molar-refractivity contribution in [2.24, 2.45) is 16.2 Å². The molecule has 0 aliphatic rings. The Labute approximate surface area is 432 Å². The van der Waals surface area contributed by atoms with Crippen LogP contribution in [0.4, 0.5) is 171 Å². The second kappa shape index (κ2) is 30.0. The third kappa shape index (κ3) is 27.5. The first-order chi connectivity index (χ1) is 34.8. The van der Waals surface area contributed by atoms with Crippen LogP contribution in [0.25, 0.3) is 0 Å². The Morgan fingerprint density at radius 1 is 0.366 bits per heavy atom. The normalized spacial score (nSPS) is 16.2. The molecule has 500 valence electrons. The van der Waals surface area contributed by atoms with Gasteiger partial charge in [0, 0.05) is 14.2 Å². The Morgan fingerprint density at radius 2 is 0.610 bits per heavy atom. The average molecular weight is 1390 g/mol. The van der Waals surface area contributed by atoms with Gasteiger partial charge in [0.1, 0.15) is 6.61 Å². The number of rotatable bonds is 23. The van der Waals surface area contributed by atoms with E-state index in [1.54, 1.807) is 0 Å². The summed E-state index contributed by atoms with van der Waals surface area (Å²) in [4.78, 5) is 0. The molecule has 0 heterocycles. The third-order valence-electron chi connectivity index (χ3n) is 9.04. The van der Waals surface area contributed by atoms with Crippen molar-refractivity contribution in [3.05, 3.63) is 0 Å². The minimum atomic E-state index is -8.04. The van der Waals surface area contributed by atoms with Gasteiger partial charge in [-0.1, -0.05) is 7.43 Å². The minimum Gasteiger partial charge on any atom is -0.290 e. The Morgan fingerprint density at radius 3 is 0.805 bits per heavy atom. The van der Waals surface area contributed by atoms with Crippen LogP contribution in [0, 0.1) is 16.2 Å². The smallest absolute Gasteiger partial charge is 0.290 e. The highest BCUT2D eigenvalue weighted by atomic mass is 31.3. The van der Waals surface area contributed by atoms with Crippen LogP contribution in [0.5, 0.6) is 0 Å². The monoisotopic (exact) mass is 1390 g/mol. The fraction of sp³-hybridized carbons (Fsp3) is 1.00. The van der Waals surface area contributed by atoms with Gasteiger partial charge in [0.2, 0.25) is 5.41 Å². The molecule has 0 aromatic heterocycles. The number of halogens is 39. The van der Waals surface area contributed by atoms with Crippen LogP contribution in [0.15, 0.2) is 0 Å². The zero-order valence-corrected chi connectivity index (χ0v) is 41.2. The molecular weight excluding hydrogens is 1350 g/mol. The van der Waals surface area contributed by atoms with Gasteiger partial charge in [-0.25, -0.2) is 9.13 Å². The predicted molar refractivity (Wildman–Crippen MR) is 191 cm³/mol. The summed E-state index contributed by atoms with van der Waals surface area (Å²) in [6, 6.07) is 0. The van der Waals surface area contributed by atoms with Crippen LogP contribution in [-0.4, -0.2) is 121 Å². The highest BCUT2D eigenvalue weighted by molar-refractivity contribution is 7.62. The SMILES string of the molecule is C.COP(=O)(OCCCC(CC(F)(F)F)(C(F)(F)F)C(F)(F)F)OP(=O)(OC)OCCCC(C(F)(F)F)(C(F)(F)F)C(F)(F)C(F)(F)C(F)(F)F.C[P+](=O)OCCCC(CC(F)(F)F)(C(F)(F)F)C(F)(F)F.FC(F)(F)F.FC(F)(F)F. The number of phosphoric acid groups is 2. The van der Waals surface area contributed by atoms with Gasteiger partial charge in [-0.15, -0.1) is 39.6 Å². The summed E-state index contributed by atoms with van der Waals surface area (Å²) in [5.41, 5.74) is -17.6. The van der Waals surface area contributed by atoms with E-state index in [1.165, 1.54) is 0 Å². The molecule has 0 rings (SSSR count). The van der Waals surface area contributed by atoms with E-state index >= 15 is 0 Å². The van der Waals surface area contributed by atoms with Gasteiger partial charge in [0.15, 0.2) is 17.5 Å². The fourth-order valence-electron chi connectivity index (χ4n) is 5.53. The molecule has 3 atom stereocenters. The maximum absolute atomic E-state index is 14.1. The highest BCUT2D eigenvalue weighted by Gasteiger charge is 2.91. The molecule has 0 amide bonds. The molecule has 0 saturated carbocycles. The summed E-state index contributed by atoms with van der Waals surface area (Å²) in [6.45, 7) is -3.63. The van der Waals surface area contributed by atoms with Crippen LogP contribution in [-0.2, 0) is 40.6 Å². The fourth-order valence-corrected chi connectivity index (χ4v) is 8.72. The summed E-state index contributed by atoms with van der Waals surface area (Å²) in [5.74, 6) is -16.0. The van der Waals surface area contributed by atoms with Gasteiger partial charge in [0.25, 0.3) is 0 Å². The number of phosphoric ester groups is 2. The Balaban J connectivity index is -0.000000504. The molecule has 0 N–H and O–H groups in total. The molecule has 0 radical (unpaired) electrons. The van der Waals surface area contributed by atoms with E-state index in [9.17, 15) is 185 Å². The highest BCUT2D eigenvalue weighted by Crippen LogP contribution is 2.69. The molecular formula is C31H35F39O9P3+. The lowest BCUT2D eigenvalue weighted by Crippen LogP contribution is -2.70. The largest absolute Gasteiger partial charge is 0.559 e. The summed E-state index contributed by atoms with van der Waals surface area (Å²) in [7, 11) is -13.5. The van der Waals surface area contributed by atoms with Crippen molar-refractivity contribution in [2.45, 2.75) is 139 Å². The molecule has 9 nitrogen and oxygen atoms in total. The number of alkyl halides is 39. The van der Waals surface area contributed by atoms with Crippen molar-refractivity contribution >= 4 is 23.7 Å². The van der Waals surface area contributed by atoms with Crippen molar-refractivity contribution in [3.63, 3.8) is 0 Å². The zero-order chi connectivity index (χ0) is 66.6. The molecule has 3 unspecified atom stereocenters. The van der Waals surface area contributed by atoms with E-state index in [2.05, 4.69) is 26.9 Å². The molecule has 0 spiro atoms. The lowest BCUT2D eigenvalue weighted by Gasteiger charge is -2.45. The first-order valence-corrected chi connectivity index (χ1v) is 23.6. The van der Waals surface area contributed by atoms with Gasteiger partial charge >= 0.3 is 104 Å².